The molecule has 1 aromatic carbocycles. The van der Waals surface area contributed by atoms with E-state index in [1.165, 1.54) is 0 Å². The molecule has 4 aromatic heterocycles. The van der Waals surface area contributed by atoms with Gasteiger partial charge < -0.3 is 25.2 Å². The Bertz CT molecular complexity index is 1910. The van der Waals surface area contributed by atoms with E-state index in [0.29, 0.717) is 40.7 Å². The Morgan fingerprint density at radius 3 is 2.52 bits per heavy atom. The van der Waals surface area contributed by atoms with Crippen molar-refractivity contribution < 1.29 is 9.63 Å². The number of piperidine rings is 3. The maximum Gasteiger partial charge on any atom is 0.276 e. The Kier molecular flexibility index (Phi) is 7.87. The smallest absolute Gasteiger partial charge is 0.276 e. The minimum atomic E-state index is -0.453. The van der Waals surface area contributed by atoms with E-state index in [9.17, 15) is 9.90 Å². The zero-order valence-electron chi connectivity index (χ0n) is 26.1. The Balaban J connectivity index is 1.25. The standard InChI is InChI=1S/C33H38N10O3/c1-4-15-42-30(45)23-10-11-26(36-28(23)43(42)21(2)3)37-32-34-19-24(27(38-32)35-25(20-44)22-8-6-5-7-9-22)29-39-31(40-46-29)33-12-16-41(17-13-33)18-14-33/h4-11,19,21,25,44H,1,12-18,20H2,2-3H3,(H2,34,35,36,37,38)/t25-/m1/s1. The number of fused-ring (bicyclic) bond motifs is 4. The number of allylic oxidation sites excluding steroid dienone is 1. The molecule has 0 radical (unpaired) electrons. The van der Waals surface area contributed by atoms with Crippen LogP contribution in [0.3, 0.4) is 0 Å². The Labute approximate surface area is 266 Å². The number of nitrogens with one attached hydrogen (secondary N) is 2. The van der Waals surface area contributed by atoms with Gasteiger partial charge in [-0.3, -0.25) is 9.48 Å². The maximum atomic E-state index is 13.1. The lowest BCUT2D eigenvalue weighted by atomic mass is 9.71. The molecule has 3 fully saturated rings. The van der Waals surface area contributed by atoms with Crippen LogP contribution in [0, 0.1) is 0 Å². The van der Waals surface area contributed by atoms with Crippen LogP contribution in [-0.4, -0.2) is 70.7 Å². The van der Waals surface area contributed by atoms with Crippen LogP contribution in [0.4, 0.5) is 17.6 Å². The van der Waals surface area contributed by atoms with Crippen molar-refractivity contribution in [1.82, 2.24) is 39.4 Å². The van der Waals surface area contributed by atoms with E-state index in [-0.39, 0.29) is 29.6 Å². The predicted octanol–water partition coefficient (Wildman–Crippen LogP) is 4.43. The van der Waals surface area contributed by atoms with E-state index in [0.717, 1.165) is 50.3 Å². The lowest BCUT2D eigenvalue weighted by Crippen LogP contribution is -2.51. The van der Waals surface area contributed by atoms with Crippen LogP contribution < -0.4 is 16.2 Å². The van der Waals surface area contributed by atoms with E-state index in [2.05, 4.69) is 32.3 Å². The third-order valence-corrected chi connectivity index (χ3v) is 9.18. The van der Waals surface area contributed by atoms with Gasteiger partial charge in [-0.05, 0) is 70.4 Å². The van der Waals surface area contributed by atoms with E-state index in [1.807, 2.05) is 48.9 Å². The van der Waals surface area contributed by atoms with Gasteiger partial charge in [0, 0.05) is 17.7 Å². The number of hydrogen-bond donors (Lipinski definition) is 3. The summed E-state index contributed by atoms with van der Waals surface area (Å²) in [7, 11) is 0. The first-order chi connectivity index (χ1) is 22.4. The number of aliphatic hydroxyl groups is 1. The third-order valence-electron chi connectivity index (χ3n) is 9.18. The van der Waals surface area contributed by atoms with Crippen LogP contribution in [0.5, 0.6) is 0 Å². The van der Waals surface area contributed by atoms with Crippen molar-refractivity contribution in [2.45, 2.75) is 57.2 Å². The molecule has 8 rings (SSSR count). The second-order valence-electron chi connectivity index (χ2n) is 12.3. The number of aromatic nitrogens is 7. The molecule has 0 aliphatic carbocycles. The molecule has 0 saturated carbocycles. The summed E-state index contributed by atoms with van der Waals surface area (Å²) < 4.78 is 9.36. The number of benzene rings is 1. The molecule has 3 N–H and O–H groups in total. The summed E-state index contributed by atoms with van der Waals surface area (Å²) >= 11 is 0. The minimum Gasteiger partial charge on any atom is -0.394 e. The van der Waals surface area contributed by atoms with Crippen molar-refractivity contribution in [3.8, 4) is 11.5 Å². The van der Waals surface area contributed by atoms with Crippen molar-refractivity contribution in [1.29, 1.82) is 0 Å². The summed E-state index contributed by atoms with van der Waals surface area (Å²) in [6.07, 6.45) is 6.36. The quantitative estimate of drug-likeness (QED) is 0.179. The van der Waals surface area contributed by atoms with Crippen LogP contribution in [0.1, 0.15) is 56.6 Å². The summed E-state index contributed by atoms with van der Waals surface area (Å²) in [6.45, 7) is 11.1. The molecular formula is C33H38N10O3. The van der Waals surface area contributed by atoms with E-state index >= 15 is 0 Å². The molecule has 0 amide bonds. The summed E-state index contributed by atoms with van der Waals surface area (Å²) in [6, 6.07) is 12.7. The molecule has 1 atom stereocenters. The van der Waals surface area contributed by atoms with Crippen LogP contribution in [0.2, 0.25) is 0 Å². The normalized spacial score (nSPS) is 19.9. The van der Waals surface area contributed by atoms with Crippen molar-refractivity contribution >= 4 is 28.6 Å². The highest BCUT2D eigenvalue weighted by molar-refractivity contribution is 5.78. The molecule has 5 aromatic rings. The summed E-state index contributed by atoms with van der Waals surface area (Å²) in [5.41, 5.74) is 1.78. The molecule has 3 saturated heterocycles. The predicted molar refractivity (Wildman–Crippen MR) is 175 cm³/mol. The topological polar surface area (TPSA) is 152 Å². The fourth-order valence-electron chi connectivity index (χ4n) is 6.65. The molecule has 13 nitrogen and oxygen atoms in total. The average molecular weight is 623 g/mol. The van der Waals surface area contributed by atoms with Gasteiger partial charge >= 0.3 is 0 Å². The van der Waals surface area contributed by atoms with E-state index < -0.39 is 6.04 Å². The van der Waals surface area contributed by atoms with Gasteiger partial charge in [0.25, 0.3) is 11.4 Å². The van der Waals surface area contributed by atoms with Gasteiger partial charge in [0.2, 0.25) is 5.95 Å². The SMILES string of the molecule is C=CCn1c(=O)c2ccc(Nc3ncc(-c4nc(C56CCN(CC5)CC6)no4)c(N[C@H](CO)c4ccccc4)n3)nc2n1C(C)C. The Hall–Kier alpha value is -4.88. The molecule has 3 aliphatic rings. The van der Waals surface area contributed by atoms with Crippen molar-refractivity contribution in [3.05, 3.63) is 83.1 Å². The number of nitrogens with zero attached hydrogens (tertiary/aromatic N) is 8. The monoisotopic (exact) mass is 622 g/mol. The Morgan fingerprint density at radius 1 is 1.07 bits per heavy atom. The molecule has 2 bridgehead atoms. The van der Waals surface area contributed by atoms with Crippen molar-refractivity contribution in [2.75, 3.05) is 36.9 Å². The van der Waals surface area contributed by atoms with Gasteiger partial charge in [-0.1, -0.05) is 41.6 Å². The molecule has 0 spiro atoms. The molecule has 7 heterocycles. The molecule has 46 heavy (non-hydrogen) atoms. The zero-order chi connectivity index (χ0) is 31.8. The van der Waals surface area contributed by atoms with Gasteiger partial charge in [0.15, 0.2) is 11.5 Å². The third kappa shape index (κ3) is 5.35. The van der Waals surface area contributed by atoms with Gasteiger partial charge in [0.1, 0.15) is 17.2 Å². The highest BCUT2D eigenvalue weighted by atomic mass is 16.5. The van der Waals surface area contributed by atoms with Gasteiger partial charge in [-0.25, -0.2) is 14.6 Å². The van der Waals surface area contributed by atoms with Crippen LogP contribution in [0.25, 0.3) is 22.5 Å². The number of anilines is 3. The van der Waals surface area contributed by atoms with Crippen LogP contribution in [0.15, 0.2) is 70.6 Å². The summed E-state index contributed by atoms with van der Waals surface area (Å²) in [5.74, 6) is 2.21. The second-order valence-corrected chi connectivity index (χ2v) is 12.3. The number of pyridine rings is 1. The van der Waals surface area contributed by atoms with Gasteiger partial charge in [-0.2, -0.15) is 9.97 Å². The van der Waals surface area contributed by atoms with Gasteiger partial charge in [0.05, 0.1) is 24.6 Å². The van der Waals surface area contributed by atoms with Crippen LogP contribution >= 0.6 is 0 Å². The summed E-state index contributed by atoms with van der Waals surface area (Å²) in [5, 5.41) is 21.9. The largest absolute Gasteiger partial charge is 0.394 e. The molecule has 238 valence electrons. The molecular weight excluding hydrogens is 584 g/mol. The highest BCUT2D eigenvalue weighted by Gasteiger charge is 2.44. The first-order valence-corrected chi connectivity index (χ1v) is 15.8. The molecule has 0 unspecified atom stereocenters. The Morgan fingerprint density at radius 2 is 1.83 bits per heavy atom. The highest BCUT2D eigenvalue weighted by Crippen LogP contribution is 2.42. The number of hydrogen-bond acceptors (Lipinski definition) is 11. The minimum absolute atomic E-state index is 0.00682. The second kappa shape index (κ2) is 12.1. The van der Waals surface area contributed by atoms with Crippen molar-refractivity contribution in [3.63, 3.8) is 0 Å². The lowest BCUT2D eigenvalue weighted by Gasteiger charge is -2.46. The first-order valence-electron chi connectivity index (χ1n) is 15.8. The molecule has 3 aliphatic heterocycles. The van der Waals surface area contributed by atoms with E-state index in [4.69, 9.17) is 19.5 Å². The van der Waals surface area contributed by atoms with E-state index in [1.54, 1.807) is 29.1 Å². The summed E-state index contributed by atoms with van der Waals surface area (Å²) in [4.78, 5) is 34.6. The number of aliphatic hydroxyl groups excluding tert-OH is 1. The number of rotatable bonds is 11. The maximum absolute atomic E-state index is 13.1. The first kappa shape index (κ1) is 29.8. The lowest BCUT2D eigenvalue weighted by molar-refractivity contribution is 0.0747. The zero-order valence-corrected chi connectivity index (χ0v) is 26.1. The fourth-order valence-corrected chi connectivity index (χ4v) is 6.65. The fraction of sp³-hybridized carbons (Fsp3) is 0.394. The van der Waals surface area contributed by atoms with Gasteiger partial charge in [-0.15, -0.1) is 6.58 Å². The van der Waals surface area contributed by atoms with Crippen molar-refractivity contribution in [2.24, 2.45) is 0 Å². The molecule has 13 heteroatoms. The average Bonchev–Trinajstić information content (AvgIpc) is 3.69. The van der Waals surface area contributed by atoms with Crippen LogP contribution in [-0.2, 0) is 12.0 Å².